The quantitative estimate of drug-likeness (QED) is 0.148. The van der Waals surface area contributed by atoms with Crippen LogP contribution in [-0.2, 0) is 27.0 Å². The number of carbonyl (C=O) groups excluding carboxylic acids is 2. The molecule has 2 amide bonds. The number of alkyl halides is 3. The van der Waals surface area contributed by atoms with Gasteiger partial charge in [0.15, 0.2) is 0 Å². The van der Waals surface area contributed by atoms with Gasteiger partial charge in [0.25, 0.3) is 5.91 Å². The summed E-state index contributed by atoms with van der Waals surface area (Å²) in [5.74, 6) is 0.0268. The third kappa shape index (κ3) is 9.02. The molecule has 52 heavy (non-hydrogen) atoms. The summed E-state index contributed by atoms with van der Waals surface area (Å²) in [7, 11) is 3.18. The van der Waals surface area contributed by atoms with Crippen LogP contribution in [-0.4, -0.2) is 77.8 Å². The normalized spacial score (nSPS) is 19.8. The Morgan fingerprint density at radius 2 is 1.73 bits per heavy atom. The zero-order valence-electron chi connectivity index (χ0n) is 29.4. The highest BCUT2D eigenvalue weighted by molar-refractivity contribution is 6.05. The number of aromatic nitrogens is 3. The first-order valence-electron chi connectivity index (χ1n) is 17.6. The lowest BCUT2D eigenvalue weighted by Crippen LogP contribution is -2.41. The second-order valence-corrected chi connectivity index (χ2v) is 13.5. The molecule has 278 valence electrons. The first-order valence-corrected chi connectivity index (χ1v) is 17.6. The molecule has 4 aromatic rings. The minimum absolute atomic E-state index is 0.124. The lowest BCUT2D eigenvalue weighted by Gasteiger charge is -2.39. The van der Waals surface area contributed by atoms with Crippen molar-refractivity contribution in [3.05, 3.63) is 83.8 Å². The Morgan fingerprint density at radius 1 is 0.981 bits per heavy atom. The van der Waals surface area contributed by atoms with E-state index in [1.165, 1.54) is 13.2 Å². The van der Waals surface area contributed by atoms with Crippen molar-refractivity contribution in [3.8, 4) is 5.75 Å². The van der Waals surface area contributed by atoms with Crippen LogP contribution in [0.4, 0.5) is 23.7 Å². The van der Waals surface area contributed by atoms with Crippen LogP contribution in [0, 0.1) is 5.92 Å². The molecule has 1 saturated heterocycles. The van der Waals surface area contributed by atoms with E-state index in [4.69, 9.17) is 24.0 Å². The van der Waals surface area contributed by atoms with E-state index in [1.54, 1.807) is 24.1 Å². The number of fused-ring (bicyclic) bond motifs is 1. The summed E-state index contributed by atoms with van der Waals surface area (Å²) in [6, 6.07) is 16.4. The minimum atomic E-state index is -4.67. The summed E-state index contributed by atoms with van der Waals surface area (Å²) in [4.78, 5) is 30.6. The highest BCUT2D eigenvalue weighted by Gasteiger charge is 2.37. The first kappa shape index (κ1) is 37.1. The van der Waals surface area contributed by atoms with E-state index in [1.807, 2.05) is 41.2 Å². The van der Waals surface area contributed by atoms with Crippen LogP contribution in [0.25, 0.3) is 10.9 Å². The number of hydrogen-bond donors (Lipinski definition) is 1. The van der Waals surface area contributed by atoms with Crippen molar-refractivity contribution in [2.45, 2.75) is 69.4 Å². The molecule has 1 aliphatic carbocycles. The van der Waals surface area contributed by atoms with Gasteiger partial charge in [-0.05, 0) is 74.6 Å². The molecule has 0 atom stereocenters. The maximum absolute atomic E-state index is 13.1. The average Bonchev–Trinajstić information content (AvgIpc) is 3.58. The van der Waals surface area contributed by atoms with Gasteiger partial charge < -0.3 is 29.2 Å². The molecule has 2 aromatic heterocycles. The van der Waals surface area contributed by atoms with Crippen molar-refractivity contribution in [3.63, 3.8) is 0 Å². The van der Waals surface area contributed by atoms with Crippen molar-refractivity contribution in [2.24, 2.45) is 5.92 Å². The number of likely N-dealkylation sites (tertiary alicyclic amines) is 1. The molecule has 1 N–H and O–H groups in total. The molecule has 0 spiro atoms. The van der Waals surface area contributed by atoms with E-state index in [0.717, 1.165) is 68.0 Å². The Balaban J connectivity index is 0.965. The van der Waals surface area contributed by atoms with Crippen LogP contribution < -0.4 is 10.1 Å². The van der Waals surface area contributed by atoms with E-state index in [-0.39, 0.29) is 30.0 Å². The van der Waals surface area contributed by atoms with Crippen LogP contribution >= 0.6 is 0 Å². The Kier molecular flexibility index (Phi) is 11.6. The standard InChI is InChI=1S/C38H44F3N5O6/c1-49-33-22-31-28(21-32(33)43-35(47)30-9-6-10-34(42-30)38(39,40)41)23-46(44-31)29-11-16-37(50-2,17-12-29)25-51-20-15-26-13-18-45(19-14-26)36(48)52-24-27-7-4-3-5-8-27/h3-10,21-23,26,29H,11-20,24-25H2,1-2H3,(H,43,47). The van der Waals surface area contributed by atoms with Gasteiger partial charge in [-0.1, -0.05) is 36.4 Å². The number of benzene rings is 2. The molecule has 2 aliphatic rings. The van der Waals surface area contributed by atoms with Crippen LogP contribution in [0.15, 0.2) is 66.9 Å². The number of amides is 2. The summed E-state index contributed by atoms with van der Waals surface area (Å²) >= 11 is 0. The maximum Gasteiger partial charge on any atom is 0.433 e. The molecular formula is C38H44F3N5O6. The third-order valence-electron chi connectivity index (χ3n) is 10.2. The zero-order chi connectivity index (χ0) is 36.7. The second-order valence-electron chi connectivity index (χ2n) is 13.5. The number of rotatable bonds is 12. The van der Waals surface area contributed by atoms with Gasteiger partial charge in [0.05, 0.1) is 36.6 Å². The van der Waals surface area contributed by atoms with E-state index in [2.05, 4.69) is 10.3 Å². The minimum Gasteiger partial charge on any atom is -0.494 e. The predicted molar refractivity (Wildman–Crippen MR) is 187 cm³/mol. The van der Waals surface area contributed by atoms with Gasteiger partial charge in [-0.2, -0.15) is 18.3 Å². The molecule has 1 saturated carbocycles. The SMILES string of the molecule is COc1cc2nn(C3CCC(COCCC4CCN(C(=O)OCc5ccccc5)CC4)(OC)CC3)cc2cc1NC(=O)c1cccc(C(F)(F)F)n1. The maximum atomic E-state index is 13.1. The second kappa shape index (κ2) is 16.3. The van der Waals surface area contributed by atoms with Gasteiger partial charge in [0.2, 0.25) is 0 Å². The van der Waals surface area contributed by atoms with Gasteiger partial charge in [0, 0.05) is 44.5 Å². The molecule has 0 radical (unpaired) electrons. The van der Waals surface area contributed by atoms with Gasteiger partial charge in [-0.25, -0.2) is 9.78 Å². The number of halogens is 3. The molecule has 14 heteroatoms. The third-order valence-corrected chi connectivity index (χ3v) is 10.2. The Labute approximate surface area is 300 Å². The number of piperidine rings is 1. The van der Waals surface area contributed by atoms with Crippen LogP contribution in [0.3, 0.4) is 0 Å². The predicted octanol–water partition coefficient (Wildman–Crippen LogP) is 7.67. The van der Waals surface area contributed by atoms with Crippen LogP contribution in [0.1, 0.15) is 72.7 Å². The fraction of sp³-hybridized carbons (Fsp3) is 0.474. The van der Waals surface area contributed by atoms with Crippen molar-refractivity contribution in [1.29, 1.82) is 0 Å². The van der Waals surface area contributed by atoms with Gasteiger partial charge >= 0.3 is 12.3 Å². The van der Waals surface area contributed by atoms with Crippen molar-refractivity contribution in [1.82, 2.24) is 19.7 Å². The van der Waals surface area contributed by atoms with Gasteiger partial charge in [-0.15, -0.1) is 0 Å². The zero-order valence-corrected chi connectivity index (χ0v) is 29.4. The Hall–Kier alpha value is -4.69. The number of methoxy groups -OCH3 is 2. The number of nitrogens with one attached hydrogen (secondary N) is 1. The molecule has 2 fully saturated rings. The summed E-state index contributed by atoms with van der Waals surface area (Å²) in [5, 5.41) is 8.17. The average molecular weight is 724 g/mol. The number of pyridine rings is 1. The van der Waals surface area contributed by atoms with Crippen LogP contribution in [0.5, 0.6) is 5.75 Å². The number of hydrogen-bond acceptors (Lipinski definition) is 8. The van der Waals surface area contributed by atoms with E-state index in [0.29, 0.717) is 49.2 Å². The Morgan fingerprint density at radius 3 is 2.42 bits per heavy atom. The molecule has 3 heterocycles. The van der Waals surface area contributed by atoms with Gasteiger partial charge in [-0.3, -0.25) is 9.48 Å². The summed E-state index contributed by atoms with van der Waals surface area (Å²) < 4.78 is 64.5. The lowest BCUT2D eigenvalue weighted by atomic mass is 9.82. The molecule has 6 rings (SSSR count). The molecule has 11 nitrogen and oxygen atoms in total. The van der Waals surface area contributed by atoms with Gasteiger partial charge in [0.1, 0.15) is 23.7 Å². The smallest absolute Gasteiger partial charge is 0.433 e. The monoisotopic (exact) mass is 723 g/mol. The summed E-state index contributed by atoms with van der Waals surface area (Å²) in [6.07, 6.45) is 2.99. The number of anilines is 1. The highest BCUT2D eigenvalue weighted by Crippen LogP contribution is 2.39. The lowest BCUT2D eigenvalue weighted by molar-refractivity contribution is -0.141. The van der Waals surface area contributed by atoms with Crippen LogP contribution in [0.2, 0.25) is 0 Å². The highest BCUT2D eigenvalue weighted by atomic mass is 19.4. The fourth-order valence-electron chi connectivity index (χ4n) is 6.95. The number of nitrogens with zero attached hydrogens (tertiary/aromatic N) is 4. The van der Waals surface area contributed by atoms with Crippen molar-refractivity contribution in [2.75, 3.05) is 45.8 Å². The van der Waals surface area contributed by atoms with Crippen molar-refractivity contribution < 1.29 is 41.7 Å². The fourth-order valence-corrected chi connectivity index (χ4v) is 6.95. The first-order chi connectivity index (χ1) is 25.1. The Bertz CT molecular complexity index is 1820. The molecular weight excluding hydrogens is 679 g/mol. The summed E-state index contributed by atoms with van der Waals surface area (Å²) in [5.41, 5.74) is 0.0416. The number of ether oxygens (including phenoxy) is 4. The van der Waals surface area contributed by atoms with E-state index >= 15 is 0 Å². The number of carbonyl (C=O) groups is 2. The molecule has 0 bridgehead atoms. The van der Waals surface area contributed by atoms with E-state index < -0.39 is 17.8 Å². The van der Waals surface area contributed by atoms with E-state index in [9.17, 15) is 22.8 Å². The largest absolute Gasteiger partial charge is 0.494 e. The summed E-state index contributed by atoms with van der Waals surface area (Å²) in [6.45, 7) is 2.78. The topological polar surface area (TPSA) is 117 Å². The molecule has 2 aromatic carbocycles. The molecule has 1 aliphatic heterocycles. The molecule has 0 unspecified atom stereocenters. The van der Waals surface area contributed by atoms with Crippen molar-refractivity contribution >= 4 is 28.6 Å².